The molecule has 0 aromatic rings. The zero-order valence-electron chi connectivity index (χ0n) is 15.1. The SMILES string of the molecule is CCC(=O)NC1CC2CC1CN2CCN1CCN(C(C)C)CC1. The maximum absolute atomic E-state index is 11.6. The van der Waals surface area contributed by atoms with Gasteiger partial charge in [0.1, 0.15) is 0 Å². The zero-order valence-corrected chi connectivity index (χ0v) is 15.1. The summed E-state index contributed by atoms with van der Waals surface area (Å²) in [6.45, 7) is 15.0. The Balaban J connectivity index is 1.37. The molecule has 0 aromatic heterocycles. The third-order valence-electron chi connectivity index (χ3n) is 6.16. The molecule has 3 atom stereocenters. The van der Waals surface area contributed by atoms with Crippen LogP contribution < -0.4 is 5.32 Å². The van der Waals surface area contributed by atoms with Crippen molar-refractivity contribution in [3.8, 4) is 0 Å². The summed E-state index contributed by atoms with van der Waals surface area (Å²) in [6, 6.07) is 1.83. The Morgan fingerprint density at radius 2 is 1.87 bits per heavy atom. The monoisotopic (exact) mass is 322 g/mol. The molecule has 2 aliphatic heterocycles. The van der Waals surface area contributed by atoms with E-state index in [1.165, 1.54) is 52.2 Å². The van der Waals surface area contributed by atoms with Gasteiger partial charge in [-0.05, 0) is 32.6 Å². The van der Waals surface area contributed by atoms with E-state index in [1.807, 2.05) is 6.92 Å². The third kappa shape index (κ3) is 4.06. The fraction of sp³-hybridized carbons (Fsp3) is 0.944. The summed E-state index contributed by atoms with van der Waals surface area (Å²) in [4.78, 5) is 19.5. The summed E-state index contributed by atoms with van der Waals surface area (Å²) in [5.74, 6) is 0.908. The minimum atomic E-state index is 0.220. The van der Waals surface area contributed by atoms with Gasteiger partial charge in [-0.1, -0.05) is 6.92 Å². The normalized spacial score (nSPS) is 32.8. The number of hydrogen-bond acceptors (Lipinski definition) is 4. The van der Waals surface area contributed by atoms with Crippen molar-refractivity contribution in [2.75, 3.05) is 45.8 Å². The average Bonchev–Trinajstić information content (AvgIpc) is 3.13. The summed E-state index contributed by atoms with van der Waals surface area (Å²) >= 11 is 0. The number of rotatable bonds is 6. The van der Waals surface area contributed by atoms with Gasteiger partial charge < -0.3 is 5.32 Å². The second kappa shape index (κ2) is 7.49. The van der Waals surface area contributed by atoms with E-state index in [0.29, 0.717) is 30.5 Å². The number of piperazine rings is 1. The Labute approximate surface area is 141 Å². The van der Waals surface area contributed by atoms with Crippen LogP contribution in [0.15, 0.2) is 0 Å². The summed E-state index contributed by atoms with van der Waals surface area (Å²) in [5.41, 5.74) is 0. The van der Waals surface area contributed by atoms with Gasteiger partial charge >= 0.3 is 0 Å². The smallest absolute Gasteiger partial charge is 0.219 e. The maximum Gasteiger partial charge on any atom is 0.219 e. The molecule has 2 bridgehead atoms. The van der Waals surface area contributed by atoms with Crippen LogP contribution in [0.3, 0.4) is 0 Å². The molecule has 2 saturated heterocycles. The van der Waals surface area contributed by atoms with Crippen LogP contribution >= 0.6 is 0 Å². The molecule has 0 aromatic carbocycles. The van der Waals surface area contributed by atoms with Gasteiger partial charge in [0.25, 0.3) is 0 Å². The predicted octanol–water partition coefficient (Wildman–Crippen LogP) is 1.00. The van der Waals surface area contributed by atoms with E-state index in [1.54, 1.807) is 0 Å². The first-order chi connectivity index (χ1) is 11.1. The molecule has 0 spiro atoms. The number of carbonyl (C=O) groups excluding carboxylic acids is 1. The van der Waals surface area contributed by atoms with Crippen LogP contribution in [0.2, 0.25) is 0 Å². The second-order valence-corrected chi connectivity index (χ2v) is 7.88. The first-order valence-corrected chi connectivity index (χ1v) is 9.56. The summed E-state index contributed by atoms with van der Waals surface area (Å²) in [5, 5.41) is 3.22. The number of hydrogen-bond donors (Lipinski definition) is 1. The Kier molecular flexibility index (Phi) is 5.60. The van der Waals surface area contributed by atoms with Crippen molar-refractivity contribution < 1.29 is 4.79 Å². The molecule has 132 valence electrons. The number of piperidine rings is 1. The molecule has 1 N–H and O–H groups in total. The van der Waals surface area contributed by atoms with E-state index in [0.717, 1.165) is 6.42 Å². The standard InChI is InChI=1S/C18H34N4O/c1-4-18(23)19-17-12-16-11-15(17)13-22(16)10-7-20-5-8-21(9-6-20)14(2)3/h14-17H,4-13H2,1-3H3,(H,19,23). The topological polar surface area (TPSA) is 38.8 Å². The number of likely N-dealkylation sites (tertiary alicyclic amines) is 1. The van der Waals surface area contributed by atoms with E-state index in [9.17, 15) is 4.79 Å². The van der Waals surface area contributed by atoms with E-state index in [4.69, 9.17) is 0 Å². The summed E-state index contributed by atoms with van der Waals surface area (Å²) in [6.07, 6.45) is 3.06. The fourth-order valence-corrected chi connectivity index (χ4v) is 4.58. The van der Waals surface area contributed by atoms with Crippen LogP contribution in [0.25, 0.3) is 0 Å². The highest BCUT2D eigenvalue weighted by Gasteiger charge is 2.44. The van der Waals surface area contributed by atoms with Gasteiger partial charge in [0.05, 0.1) is 0 Å². The second-order valence-electron chi connectivity index (χ2n) is 7.88. The maximum atomic E-state index is 11.6. The molecule has 1 amide bonds. The molecular formula is C18H34N4O. The van der Waals surface area contributed by atoms with Crippen molar-refractivity contribution >= 4 is 5.91 Å². The van der Waals surface area contributed by atoms with Gasteiger partial charge in [-0.3, -0.25) is 19.5 Å². The molecule has 3 aliphatic rings. The van der Waals surface area contributed by atoms with E-state index < -0.39 is 0 Å². The molecule has 3 rings (SSSR count). The molecule has 3 unspecified atom stereocenters. The summed E-state index contributed by atoms with van der Waals surface area (Å²) in [7, 11) is 0. The number of nitrogens with zero attached hydrogens (tertiary/aromatic N) is 3. The van der Waals surface area contributed by atoms with Gasteiger partial charge in [-0.15, -0.1) is 0 Å². The minimum Gasteiger partial charge on any atom is -0.353 e. The average molecular weight is 322 g/mol. The van der Waals surface area contributed by atoms with Crippen LogP contribution in [0.4, 0.5) is 0 Å². The lowest BCUT2D eigenvalue weighted by Gasteiger charge is -2.38. The van der Waals surface area contributed by atoms with Crippen molar-refractivity contribution in [2.45, 2.75) is 58.2 Å². The Morgan fingerprint density at radius 1 is 1.13 bits per heavy atom. The zero-order chi connectivity index (χ0) is 16.4. The molecule has 0 radical (unpaired) electrons. The van der Waals surface area contributed by atoms with Crippen LogP contribution in [0.1, 0.15) is 40.0 Å². The van der Waals surface area contributed by atoms with Crippen LogP contribution in [0, 0.1) is 5.92 Å². The number of carbonyl (C=O) groups is 1. The number of amides is 1. The van der Waals surface area contributed by atoms with Crippen LogP contribution in [0.5, 0.6) is 0 Å². The highest BCUT2D eigenvalue weighted by atomic mass is 16.1. The van der Waals surface area contributed by atoms with Gasteiger partial charge in [0, 0.05) is 70.4 Å². The first kappa shape index (κ1) is 17.2. The molecule has 5 heteroatoms. The largest absolute Gasteiger partial charge is 0.353 e. The molecule has 23 heavy (non-hydrogen) atoms. The molecule has 5 nitrogen and oxygen atoms in total. The van der Waals surface area contributed by atoms with Gasteiger partial charge in [-0.25, -0.2) is 0 Å². The highest BCUT2D eigenvalue weighted by molar-refractivity contribution is 5.75. The lowest BCUT2D eigenvalue weighted by molar-refractivity contribution is -0.121. The molecular weight excluding hydrogens is 288 g/mol. The van der Waals surface area contributed by atoms with Crippen molar-refractivity contribution in [1.29, 1.82) is 0 Å². The highest BCUT2D eigenvalue weighted by Crippen LogP contribution is 2.37. The molecule has 1 aliphatic carbocycles. The Hall–Kier alpha value is -0.650. The van der Waals surface area contributed by atoms with E-state index in [-0.39, 0.29) is 5.91 Å². The van der Waals surface area contributed by atoms with Gasteiger partial charge in [0.2, 0.25) is 5.91 Å². The van der Waals surface area contributed by atoms with Crippen LogP contribution in [-0.4, -0.2) is 84.5 Å². The van der Waals surface area contributed by atoms with E-state index in [2.05, 4.69) is 33.9 Å². The van der Waals surface area contributed by atoms with E-state index >= 15 is 0 Å². The van der Waals surface area contributed by atoms with Crippen molar-refractivity contribution in [3.05, 3.63) is 0 Å². The van der Waals surface area contributed by atoms with Crippen LogP contribution in [-0.2, 0) is 4.79 Å². The quantitative estimate of drug-likeness (QED) is 0.792. The van der Waals surface area contributed by atoms with Crippen molar-refractivity contribution in [2.24, 2.45) is 5.92 Å². The summed E-state index contributed by atoms with van der Waals surface area (Å²) < 4.78 is 0. The number of nitrogens with one attached hydrogen (secondary N) is 1. The van der Waals surface area contributed by atoms with Crippen molar-refractivity contribution in [3.63, 3.8) is 0 Å². The lowest BCUT2D eigenvalue weighted by atomic mass is 10.0. The molecule has 2 heterocycles. The van der Waals surface area contributed by atoms with Gasteiger partial charge in [-0.2, -0.15) is 0 Å². The Morgan fingerprint density at radius 3 is 2.43 bits per heavy atom. The lowest BCUT2D eigenvalue weighted by Crippen LogP contribution is -2.51. The minimum absolute atomic E-state index is 0.220. The third-order valence-corrected chi connectivity index (χ3v) is 6.16. The van der Waals surface area contributed by atoms with Crippen molar-refractivity contribution in [1.82, 2.24) is 20.0 Å². The fourth-order valence-electron chi connectivity index (χ4n) is 4.58. The Bertz CT molecular complexity index is 406. The first-order valence-electron chi connectivity index (χ1n) is 9.56. The molecule has 3 fully saturated rings. The number of fused-ring (bicyclic) bond motifs is 2. The van der Waals surface area contributed by atoms with Gasteiger partial charge in [0.15, 0.2) is 0 Å². The predicted molar refractivity (Wildman–Crippen MR) is 93.5 cm³/mol. The molecule has 1 saturated carbocycles.